The maximum Gasteiger partial charge on any atom is 0.0469 e. The van der Waals surface area contributed by atoms with Crippen molar-refractivity contribution in [2.45, 2.75) is 63.5 Å². The van der Waals surface area contributed by atoms with Gasteiger partial charge in [-0.3, -0.25) is 4.90 Å². The molecule has 1 aliphatic carbocycles. The van der Waals surface area contributed by atoms with Crippen molar-refractivity contribution in [3.8, 4) is 0 Å². The molecule has 2 aliphatic heterocycles. The second-order valence-electron chi connectivity index (χ2n) is 6.92. The van der Waals surface area contributed by atoms with Crippen LogP contribution in [0, 0.1) is 5.92 Å². The van der Waals surface area contributed by atoms with Crippen LogP contribution in [0.3, 0.4) is 0 Å². The highest BCUT2D eigenvalue weighted by molar-refractivity contribution is 5.01. The molecule has 3 nitrogen and oxygen atoms in total. The average Bonchev–Trinajstić information content (AvgIpc) is 2.88. The summed E-state index contributed by atoms with van der Waals surface area (Å²) in [5.41, 5.74) is 0.469. The number of rotatable bonds is 3. The lowest BCUT2D eigenvalue weighted by Crippen LogP contribution is -2.63. The zero-order valence-electron chi connectivity index (χ0n) is 12.5. The van der Waals surface area contributed by atoms with Gasteiger partial charge in [0.2, 0.25) is 0 Å². The van der Waals surface area contributed by atoms with Crippen molar-refractivity contribution in [1.29, 1.82) is 0 Å². The van der Waals surface area contributed by atoms with E-state index in [4.69, 9.17) is 4.74 Å². The molecule has 2 saturated heterocycles. The standard InChI is InChI=1S/C16H30N2O/c1-2-15-11-17-16(7-3-4-8-16)13-18(15)12-14-5-9-19-10-6-14/h14-15,17H,2-13H2,1H3. The molecule has 0 aromatic rings. The van der Waals surface area contributed by atoms with Crippen LogP contribution in [0.5, 0.6) is 0 Å². The summed E-state index contributed by atoms with van der Waals surface area (Å²) in [4.78, 5) is 2.82. The van der Waals surface area contributed by atoms with Crippen LogP contribution in [-0.4, -0.2) is 49.3 Å². The second-order valence-corrected chi connectivity index (χ2v) is 6.92. The molecule has 0 radical (unpaired) electrons. The quantitative estimate of drug-likeness (QED) is 0.849. The van der Waals surface area contributed by atoms with Gasteiger partial charge in [-0.1, -0.05) is 19.8 Å². The molecule has 1 unspecified atom stereocenters. The number of ether oxygens (including phenoxy) is 1. The van der Waals surface area contributed by atoms with Crippen molar-refractivity contribution < 1.29 is 4.74 Å². The van der Waals surface area contributed by atoms with E-state index in [1.165, 1.54) is 64.6 Å². The first-order chi connectivity index (χ1) is 9.31. The summed E-state index contributed by atoms with van der Waals surface area (Å²) in [6.07, 6.45) is 9.47. The summed E-state index contributed by atoms with van der Waals surface area (Å²) in [6, 6.07) is 0.758. The van der Waals surface area contributed by atoms with Crippen molar-refractivity contribution in [1.82, 2.24) is 10.2 Å². The molecule has 1 saturated carbocycles. The van der Waals surface area contributed by atoms with Gasteiger partial charge in [-0.05, 0) is 38.0 Å². The molecule has 0 aromatic heterocycles. The summed E-state index contributed by atoms with van der Waals surface area (Å²) >= 11 is 0. The van der Waals surface area contributed by atoms with E-state index in [1.807, 2.05) is 0 Å². The van der Waals surface area contributed by atoms with Gasteiger partial charge in [0, 0.05) is 44.4 Å². The average molecular weight is 266 g/mol. The molecule has 3 heteroatoms. The molecule has 3 rings (SSSR count). The van der Waals surface area contributed by atoms with E-state index in [2.05, 4.69) is 17.1 Å². The molecule has 1 N–H and O–H groups in total. The maximum atomic E-state index is 5.50. The van der Waals surface area contributed by atoms with Crippen LogP contribution in [0.25, 0.3) is 0 Å². The Kier molecular flexibility index (Phi) is 4.45. The highest BCUT2D eigenvalue weighted by atomic mass is 16.5. The lowest BCUT2D eigenvalue weighted by atomic mass is 9.90. The zero-order valence-corrected chi connectivity index (χ0v) is 12.5. The van der Waals surface area contributed by atoms with Gasteiger partial charge >= 0.3 is 0 Å². The Bertz CT molecular complexity index is 282. The topological polar surface area (TPSA) is 24.5 Å². The van der Waals surface area contributed by atoms with E-state index in [0.717, 1.165) is 25.2 Å². The summed E-state index contributed by atoms with van der Waals surface area (Å²) in [5.74, 6) is 0.874. The number of hydrogen-bond acceptors (Lipinski definition) is 3. The molecule has 0 aromatic carbocycles. The lowest BCUT2D eigenvalue weighted by molar-refractivity contribution is 0.0216. The molecule has 1 atom stereocenters. The minimum absolute atomic E-state index is 0.469. The number of hydrogen-bond donors (Lipinski definition) is 1. The Balaban J connectivity index is 1.61. The fourth-order valence-electron chi connectivity index (χ4n) is 4.30. The van der Waals surface area contributed by atoms with Crippen LogP contribution in [0.1, 0.15) is 51.9 Å². The summed E-state index contributed by atoms with van der Waals surface area (Å²) in [7, 11) is 0. The van der Waals surface area contributed by atoms with Gasteiger partial charge in [0.05, 0.1) is 0 Å². The Labute approximate surface area is 118 Å². The van der Waals surface area contributed by atoms with Crippen LogP contribution in [0.2, 0.25) is 0 Å². The first-order valence-electron chi connectivity index (χ1n) is 8.38. The SMILES string of the molecule is CCC1CNC2(CCCC2)CN1CC1CCOCC1. The van der Waals surface area contributed by atoms with Gasteiger partial charge in [-0.15, -0.1) is 0 Å². The number of nitrogens with zero attached hydrogens (tertiary/aromatic N) is 1. The summed E-state index contributed by atoms with van der Waals surface area (Å²) < 4.78 is 5.50. The highest BCUT2D eigenvalue weighted by Gasteiger charge is 2.40. The van der Waals surface area contributed by atoms with Gasteiger partial charge in [0.25, 0.3) is 0 Å². The fraction of sp³-hybridized carbons (Fsp3) is 1.00. The molecule has 1 spiro atoms. The van der Waals surface area contributed by atoms with Gasteiger partial charge in [0.1, 0.15) is 0 Å². The van der Waals surface area contributed by atoms with Crippen LogP contribution in [-0.2, 0) is 4.74 Å². The molecule has 3 aliphatic rings. The minimum atomic E-state index is 0.469. The summed E-state index contributed by atoms with van der Waals surface area (Å²) in [6.45, 7) is 8.13. The van der Waals surface area contributed by atoms with Crippen LogP contribution in [0.15, 0.2) is 0 Å². The zero-order chi connectivity index (χ0) is 13.1. The van der Waals surface area contributed by atoms with Gasteiger partial charge in [-0.2, -0.15) is 0 Å². The third-order valence-corrected chi connectivity index (χ3v) is 5.60. The van der Waals surface area contributed by atoms with Crippen LogP contribution >= 0.6 is 0 Å². The molecule has 3 fully saturated rings. The van der Waals surface area contributed by atoms with Crippen molar-refractivity contribution in [3.63, 3.8) is 0 Å². The predicted molar refractivity (Wildman–Crippen MR) is 78.4 cm³/mol. The monoisotopic (exact) mass is 266 g/mol. The predicted octanol–water partition coefficient (Wildman–Crippen LogP) is 2.41. The summed E-state index contributed by atoms with van der Waals surface area (Å²) in [5, 5.41) is 3.90. The molecular weight excluding hydrogens is 236 g/mol. The molecule has 0 bridgehead atoms. The van der Waals surface area contributed by atoms with Crippen LogP contribution < -0.4 is 5.32 Å². The molecule has 2 heterocycles. The van der Waals surface area contributed by atoms with E-state index in [9.17, 15) is 0 Å². The Morgan fingerprint density at radius 3 is 2.63 bits per heavy atom. The maximum absolute atomic E-state index is 5.50. The normalized spacial score (nSPS) is 33.0. The second kappa shape index (κ2) is 6.11. The number of nitrogens with one attached hydrogen (secondary N) is 1. The molecule has 0 amide bonds. The first-order valence-corrected chi connectivity index (χ1v) is 8.38. The van der Waals surface area contributed by atoms with Gasteiger partial charge in [-0.25, -0.2) is 0 Å². The van der Waals surface area contributed by atoms with E-state index in [1.54, 1.807) is 0 Å². The van der Waals surface area contributed by atoms with E-state index >= 15 is 0 Å². The van der Waals surface area contributed by atoms with Gasteiger partial charge in [0.15, 0.2) is 0 Å². The van der Waals surface area contributed by atoms with E-state index in [-0.39, 0.29) is 0 Å². The lowest BCUT2D eigenvalue weighted by Gasteiger charge is -2.47. The van der Waals surface area contributed by atoms with Crippen molar-refractivity contribution in [3.05, 3.63) is 0 Å². The highest BCUT2D eigenvalue weighted by Crippen LogP contribution is 2.34. The Morgan fingerprint density at radius 2 is 1.95 bits per heavy atom. The Hall–Kier alpha value is -0.120. The van der Waals surface area contributed by atoms with Crippen molar-refractivity contribution >= 4 is 0 Å². The Morgan fingerprint density at radius 1 is 1.21 bits per heavy atom. The minimum Gasteiger partial charge on any atom is -0.381 e. The van der Waals surface area contributed by atoms with Crippen molar-refractivity contribution in [2.24, 2.45) is 5.92 Å². The van der Waals surface area contributed by atoms with Gasteiger partial charge < -0.3 is 10.1 Å². The first kappa shape index (κ1) is 13.8. The third-order valence-electron chi connectivity index (χ3n) is 5.60. The van der Waals surface area contributed by atoms with E-state index < -0.39 is 0 Å². The van der Waals surface area contributed by atoms with Crippen LogP contribution in [0.4, 0.5) is 0 Å². The third kappa shape index (κ3) is 3.14. The fourth-order valence-corrected chi connectivity index (χ4v) is 4.30. The number of piperazine rings is 1. The smallest absolute Gasteiger partial charge is 0.0469 e. The van der Waals surface area contributed by atoms with E-state index in [0.29, 0.717) is 5.54 Å². The molecular formula is C16H30N2O. The largest absolute Gasteiger partial charge is 0.381 e. The molecule has 110 valence electrons. The molecule has 19 heavy (non-hydrogen) atoms. The van der Waals surface area contributed by atoms with Crippen molar-refractivity contribution in [2.75, 3.05) is 32.8 Å².